The van der Waals surface area contributed by atoms with Crippen LogP contribution in [0, 0.1) is 5.92 Å². The Balaban J connectivity index is 1.41. The average molecular weight is 364 g/mol. The van der Waals surface area contributed by atoms with Crippen molar-refractivity contribution in [1.29, 1.82) is 0 Å². The molecular formula is C22H24N2O3. The third-order valence-electron chi connectivity index (χ3n) is 5.46. The molecule has 140 valence electrons. The van der Waals surface area contributed by atoms with Gasteiger partial charge in [-0.3, -0.25) is 9.59 Å². The highest BCUT2D eigenvalue weighted by atomic mass is 16.5. The van der Waals surface area contributed by atoms with Gasteiger partial charge in [0, 0.05) is 30.1 Å². The second-order valence-electron chi connectivity index (χ2n) is 7.38. The first-order valence-corrected chi connectivity index (χ1v) is 9.51. The molecule has 1 N–H and O–H groups in total. The molecule has 0 aromatic heterocycles. The van der Waals surface area contributed by atoms with Crippen molar-refractivity contribution in [1.82, 2.24) is 4.90 Å². The van der Waals surface area contributed by atoms with E-state index in [0.717, 1.165) is 22.6 Å². The summed E-state index contributed by atoms with van der Waals surface area (Å²) in [6.45, 7) is 3.04. The molecule has 5 nitrogen and oxygen atoms in total. The first-order chi connectivity index (χ1) is 13.1. The van der Waals surface area contributed by atoms with Gasteiger partial charge in [-0.05, 0) is 37.5 Å². The summed E-state index contributed by atoms with van der Waals surface area (Å²) in [5.41, 5.74) is 3.06. The van der Waals surface area contributed by atoms with Crippen molar-refractivity contribution >= 4 is 17.5 Å². The molecule has 0 bridgehead atoms. The second kappa shape index (κ2) is 7.43. The number of para-hydroxylation sites is 2. The van der Waals surface area contributed by atoms with Gasteiger partial charge in [-0.15, -0.1) is 0 Å². The highest BCUT2D eigenvalue weighted by Gasteiger charge is 2.29. The SMILES string of the molecule is CC1COc2ccccc2CN1C(=O)CCC1Cc2ccccc2NC1=O. The maximum Gasteiger partial charge on any atom is 0.227 e. The number of ether oxygens (including phenoxy) is 1. The van der Waals surface area contributed by atoms with Gasteiger partial charge in [0.15, 0.2) is 0 Å². The second-order valence-corrected chi connectivity index (χ2v) is 7.38. The van der Waals surface area contributed by atoms with Crippen LogP contribution in [0.4, 0.5) is 5.69 Å². The zero-order valence-corrected chi connectivity index (χ0v) is 15.5. The van der Waals surface area contributed by atoms with Crippen LogP contribution in [0.5, 0.6) is 5.75 Å². The molecule has 0 aliphatic carbocycles. The van der Waals surface area contributed by atoms with Crippen molar-refractivity contribution in [2.24, 2.45) is 5.92 Å². The van der Waals surface area contributed by atoms with Crippen molar-refractivity contribution in [3.05, 3.63) is 59.7 Å². The standard InChI is InChI=1S/C22H24N2O3/c1-15-14-27-20-9-5-3-7-18(20)13-24(15)21(25)11-10-17-12-16-6-2-4-8-19(16)23-22(17)26/h2-9,15,17H,10-14H2,1H3,(H,23,26). The molecule has 2 atom stereocenters. The number of anilines is 1. The van der Waals surface area contributed by atoms with Gasteiger partial charge in [0.2, 0.25) is 11.8 Å². The molecule has 27 heavy (non-hydrogen) atoms. The number of amides is 2. The lowest BCUT2D eigenvalue weighted by Crippen LogP contribution is -2.40. The molecule has 2 amide bonds. The molecule has 4 rings (SSSR count). The van der Waals surface area contributed by atoms with Gasteiger partial charge < -0.3 is 15.0 Å². The van der Waals surface area contributed by atoms with Gasteiger partial charge in [0.25, 0.3) is 0 Å². The van der Waals surface area contributed by atoms with Crippen LogP contribution in [0.3, 0.4) is 0 Å². The molecule has 5 heteroatoms. The number of nitrogens with one attached hydrogen (secondary N) is 1. The molecule has 2 aromatic rings. The van der Waals surface area contributed by atoms with E-state index in [-0.39, 0.29) is 23.8 Å². The van der Waals surface area contributed by atoms with Crippen LogP contribution in [0.25, 0.3) is 0 Å². The van der Waals surface area contributed by atoms with Gasteiger partial charge in [-0.25, -0.2) is 0 Å². The molecule has 0 fully saturated rings. The van der Waals surface area contributed by atoms with Gasteiger partial charge in [0.05, 0.1) is 6.04 Å². The summed E-state index contributed by atoms with van der Waals surface area (Å²) in [5, 5.41) is 2.96. The fourth-order valence-electron chi connectivity index (χ4n) is 3.84. The van der Waals surface area contributed by atoms with Crippen LogP contribution in [0.1, 0.15) is 30.9 Å². The van der Waals surface area contributed by atoms with Crippen molar-refractivity contribution in [2.75, 3.05) is 11.9 Å². The third kappa shape index (κ3) is 3.68. The van der Waals surface area contributed by atoms with Gasteiger partial charge >= 0.3 is 0 Å². The van der Waals surface area contributed by atoms with E-state index >= 15 is 0 Å². The maximum atomic E-state index is 12.9. The van der Waals surface area contributed by atoms with E-state index in [1.54, 1.807) is 0 Å². The van der Waals surface area contributed by atoms with E-state index in [4.69, 9.17) is 4.74 Å². The molecule has 0 spiro atoms. The van der Waals surface area contributed by atoms with Crippen LogP contribution in [0.2, 0.25) is 0 Å². The highest BCUT2D eigenvalue weighted by Crippen LogP contribution is 2.29. The Morgan fingerprint density at radius 1 is 1.15 bits per heavy atom. The van der Waals surface area contributed by atoms with Gasteiger partial charge in [-0.2, -0.15) is 0 Å². The number of benzene rings is 2. The molecule has 2 aliphatic heterocycles. The Morgan fingerprint density at radius 2 is 1.89 bits per heavy atom. The van der Waals surface area contributed by atoms with Crippen LogP contribution >= 0.6 is 0 Å². The summed E-state index contributed by atoms with van der Waals surface area (Å²) in [4.78, 5) is 27.2. The Morgan fingerprint density at radius 3 is 2.74 bits per heavy atom. The van der Waals surface area contributed by atoms with Crippen LogP contribution in [0.15, 0.2) is 48.5 Å². The number of rotatable bonds is 3. The van der Waals surface area contributed by atoms with Crippen molar-refractivity contribution in [3.63, 3.8) is 0 Å². The number of fused-ring (bicyclic) bond motifs is 2. The lowest BCUT2D eigenvalue weighted by molar-refractivity contribution is -0.134. The Bertz CT molecular complexity index is 864. The number of carbonyl (C=O) groups excluding carboxylic acids is 2. The minimum absolute atomic E-state index is 0.00538. The largest absolute Gasteiger partial charge is 0.491 e. The summed E-state index contributed by atoms with van der Waals surface area (Å²) in [5.74, 6) is 0.783. The first kappa shape index (κ1) is 17.6. The van der Waals surface area contributed by atoms with E-state index in [0.29, 0.717) is 32.4 Å². The molecular weight excluding hydrogens is 340 g/mol. The smallest absolute Gasteiger partial charge is 0.227 e. The van der Waals surface area contributed by atoms with Crippen LogP contribution in [-0.4, -0.2) is 29.4 Å². The molecule has 2 unspecified atom stereocenters. The Hall–Kier alpha value is -2.82. The fourth-order valence-corrected chi connectivity index (χ4v) is 3.84. The minimum Gasteiger partial charge on any atom is -0.491 e. The van der Waals surface area contributed by atoms with Crippen molar-refractivity contribution in [2.45, 2.75) is 38.8 Å². The summed E-state index contributed by atoms with van der Waals surface area (Å²) >= 11 is 0. The molecule has 0 saturated carbocycles. The average Bonchev–Trinajstić information content (AvgIpc) is 2.85. The van der Waals surface area contributed by atoms with E-state index in [2.05, 4.69) is 5.32 Å². The summed E-state index contributed by atoms with van der Waals surface area (Å²) in [6, 6.07) is 15.7. The summed E-state index contributed by atoms with van der Waals surface area (Å²) < 4.78 is 5.83. The van der Waals surface area contributed by atoms with Crippen molar-refractivity contribution < 1.29 is 14.3 Å². The third-order valence-corrected chi connectivity index (χ3v) is 5.46. The van der Waals surface area contributed by atoms with E-state index in [1.807, 2.05) is 60.4 Å². The van der Waals surface area contributed by atoms with E-state index in [1.165, 1.54) is 0 Å². The van der Waals surface area contributed by atoms with Gasteiger partial charge in [0.1, 0.15) is 12.4 Å². The number of nitrogens with zero attached hydrogens (tertiary/aromatic N) is 1. The molecule has 0 saturated heterocycles. The molecule has 2 aliphatic rings. The quantitative estimate of drug-likeness (QED) is 0.908. The molecule has 2 heterocycles. The maximum absolute atomic E-state index is 12.9. The lowest BCUT2D eigenvalue weighted by atomic mass is 9.89. The fraction of sp³-hybridized carbons (Fsp3) is 0.364. The van der Waals surface area contributed by atoms with Gasteiger partial charge in [-0.1, -0.05) is 36.4 Å². The summed E-state index contributed by atoms with van der Waals surface area (Å²) in [6.07, 6.45) is 1.62. The van der Waals surface area contributed by atoms with Crippen LogP contribution in [-0.2, 0) is 22.6 Å². The lowest BCUT2D eigenvalue weighted by Gasteiger charge is -2.28. The molecule has 2 aromatic carbocycles. The van der Waals surface area contributed by atoms with E-state index < -0.39 is 0 Å². The Kier molecular flexibility index (Phi) is 4.84. The topological polar surface area (TPSA) is 58.6 Å². The highest BCUT2D eigenvalue weighted by molar-refractivity contribution is 5.96. The predicted octanol–water partition coefficient (Wildman–Crippen LogP) is 3.39. The molecule has 0 radical (unpaired) electrons. The van der Waals surface area contributed by atoms with Crippen molar-refractivity contribution in [3.8, 4) is 5.75 Å². The minimum atomic E-state index is -0.158. The normalized spacial score (nSPS) is 21.4. The predicted molar refractivity (Wildman–Crippen MR) is 103 cm³/mol. The van der Waals surface area contributed by atoms with E-state index in [9.17, 15) is 9.59 Å². The number of hydrogen-bond donors (Lipinski definition) is 1. The number of hydrogen-bond acceptors (Lipinski definition) is 3. The zero-order chi connectivity index (χ0) is 18.8. The zero-order valence-electron chi connectivity index (χ0n) is 15.5. The first-order valence-electron chi connectivity index (χ1n) is 9.51. The summed E-state index contributed by atoms with van der Waals surface area (Å²) in [7, 11) is 0. The number of carbonyl (C=O) groups is 2. The van der Waals surface area contributed by atoms with Crippen LogP contribution < -0.4 is 10.1 Å². The monoisotopic (exact) mass is 364 g/mol. The Labute approximate surface area is 159 Å².